The van der Waals surface area contributed by atoms with Gasteiger partial charge >= 0.3 is 566 Å². The van der Waals surface area contributed by atoms with Crippen molar-refractivity contribution in [2.75, 3.05) is 0 Å². The van der Waals surface area contributed by atoms with Crippen LogP contribution in [-0.4, -0.2) is 87.7 Å². The molecule has 0 unspecified atom stereocenters. The van der Waals surface area contributed by atoms with E-state index in [1.807, 2.05) is 0 Å². The SMILES string of the molecule is O=[Te](=O)([O-])I.O=[Te](=O)([O-])I.O=[Te](=O)([O-])I.O=[Te](=O)([O-])I.O=[Te](=O)([O-])I.O=[Te](=O)([O-])I.[K+].[K+].[K+].[K+].[K+].[K+]. The van der Waals surface area contributed by atoms with E-state index in [-0.39, 0.29) is 308 Å². The van der Waals surface area contributed by atoms with Gasteiger partial charge in [0.2, 0.25) is 0 Å². The smallest absolute Gasteiger partial charge is 1.00 e. The van der Waals surface area contributed by atoms with Crippen LogP contribution in [0.2, 0.25) is 0 Å². The summed E-state index contributed by atoms with van der Waals surface area (Å²) in [5.41, 5.74) is 0. The quantitative estimate of drug-likeness (QED) is 0.161. The van der Waals surface area contributed by atoms with E-state index in [9.17, 15) is 0 Å². The molecule has 0 N–H and O–H groups in total. The Morgan fingerprint density at radius 1 is 0.250 bits per heavy atom. The first-order valence-electron chi connectivity index (χ1n) is 3.93. The van der Waals surface area contributed by atoms with Crippen LogP contribution in [0.15, 0.2) is 0 Å². The van der Waals surface area contributed by atoms with Crippen LogP contribution in [-0.2, 0) is 37.3 Å². The molecule has 0 spiro atoms. The minimum absolute atomic E-state index is 0. The zero-order chi connectivity index (χ0) is 27.0. The Morgan fingerprint density at radius 3 is 0.250 bits per heavy atom. The standard InChI is InChI=1S/6HIO3Te.6K/c6*1-5(2,3)4;;;;;;/h6*(H,2,3,4);;;;;;/q;;;;;;6*+1/p-6. The van der Waals surface area contributed by atoms with E-state index < -0.39 is 87.7 Å². The van der Waals surface area contributed by atoms with Crippen molar-refractivity contribution in [2.45, 2.75) is 0 Å². The predicted octanol–water partition coefficient (Wildman–Crippen LogP) is -23.5. The van der Waals surface area contributed by atoms with Gasteiger partial charge in [0.1, 0.15) is 0 Å². The Hall–Kier alpha value is 16.3. The van der Waals surface area contributed by atoms with Crippen molar-refractivity contribution in [3.05, 3.63) is 0 Å². The largest absolute Gasteiger partial charge is 1.00 e. The summed E-state index contributed by atoms with van der Waals surface area (Å²) in [6, 6.07) is 0. The number of hydrogen-bond acceptors (Lipinski definition) is 18. The van der Waals surface area contributed by atoms with E-state index in [2.05, 4.69) is 0 Å². The molecule has 0 bridgehead atoms. The molecule has 0 aliphatic carbocycles. The van der Waals surface area contributed by atoms with E-state index in [0.717, 1.165) is 112 Å². The molecule has 0 fully saturated rings. The van der Waals surface area contributed by atoms with Gasteiger partial charge in [0.05, 0.1) is 0 Å². The molecule has 0 atom stereocenters. The van der Waals surface area contributed by atoms with Gasteiger partial charge in [0.25, 0.3) is 0 Å². The molecule has 36 heteroatoms. The first kappa shape index (κ1) is 84.7. The minimum Gasteiger partial charge on any atom is 1.00 e. The molecule has 0 aliphatic heterocycles. The molecule has 192 valence electrons. The molecule has 0 radical (unpaired) electrons. The van der Waals surface area contributed by atoms with Crippen molar-refractivity contribution in [1.82, 2.24) is 0 Å². The third-order valence-electron chi connectivity index (χ3n) is 0. The summed E-state index contributed by atoms with van der Waals surface area (Å²) >= 11 is -23.4. The molecule has 0 saturated carbocycles. The molecule has 0 aromatic rings. The van der Waals surface area contributed by atoms with Crippen LogP contribution in [0.25, 0.3) is 0 Å². The minimum atomic E-state index is -4.80. The first-order valence-corrected chi connectivity index (χ1v) is 61.8. The summed E-state index contributed by atoms with van der Waals surface area (Å²) in [5, 5.41) is 0. The Morgan fingerprint density at radius 2 is 0.250 bits per heavy atom. The molecule has 18 nitrogen and oxygen atoms in total. The summed E-state index contributed by atoms with van der Waals surface area (Å²) in [5.74, 6) is 0. The molecule has 0 saturated heterocycles. The average Bonchev–Trinajstić information content (AvgIpc) is 1.94. The molecule has 36 heavy (non-hydrogen) atoms. The number of rotatable bonds is 0. The van der Waals surface area contributed by atoms with E-state index in [1.165, 1.54) is 0 Å². The van der Waals surface area contributed by atoms with Crippen LogP contribution >= 0.6 is 112 Å². The Balaban J connectivity index is -0.0000000186. The third-order valence-corrected chi connectivity index (χ3v) is 0. The Kier molecular flexibility index (Phi) is 112. The van der Waals surface area contributed by atoms with Crippen molar-refractivity contribution in [2.24, 2.45) is 0 Å². The van der Waals surface area contributed by atoms with Gasteiger partial charge in [-0.1, -0.05) is 0 Å². The van der Waals surface area contributed by atoms with Crippen LogP contribution < -0.4 is 329 Å². The van der Waals surface area contributed by atoms with Gasteiger partial charge < -0.3 is 0 Å². The molecule has 0 aromatic heterocycles. The summed E-state index contributed by atoms with van der Waals surface area (Å²) in [6.07, 6.45) is 0. The maximum Gasteiger partial charge on any atom is 1.00 e. The van der Waals surface area contributed by atoms with E-state index >= 15 is 0 Å². The average molecular weight is 2050 g/mol. The maximum absolute atomic E-state index is 9.17. The summed E-state index contributed by atoms with van der Waals surface area (Å²) in [6.45, 7) is 0. The fourth-order valence-electron chi connectivity index (χ4n) is 0. The zero-order valence-corrected chi connectivity index (χ0v) is 63.7. The van der Waals surface area contributed by atoms with Gasteiger partial charge in [0.15, 0.2) is 0 Å². The van der Waals surface area contributed by atoms with Crippen LogP contribution in [0.3, 0.4) is 0 Å². The van der Waals surface area contributed by atoms with Crippen molar-refractivity contribution < 1.29 is 366 Å². The predicted molar refractivity (Wildman–Crippen MR) is 127 cm³/mol. The summed E-state index contributed by atoms with van der Waals surface area (Å²) in [4.78, 5) is 0. The number of halogens is 6. The topological polar surface area (TPSA) is 343 Å². The van der Waals surface area contributed by atoms with Crippen LogP contribution in [0, 0.1) is 0 Å². The van der Waals surface area contributed by atoms with Crippen molar-refractivity contribution in [3.8, 4) is 0 Å². The fraction of sp³-hybridized carbons (Fsp3) is 0. The van der Waals surface area contributed by atoms with Crippen LogP contribution in [0.4, 0.5) is 0 Å². The zero-order valence-electron chi connectivity index (χ0n) is 18.1. The van der Waals surface area contributed by atoms with E-state index in [1.54, 1.807) is 0 Å². The molecule has 0 rings (SSSR count). The fourth-order valence-corrected chi connectivity index (χ4v) is 0. The maximum atomic E-state index is 9.17. The van der Waals surface area contributed by atoms with E-state index in [4.69, 9.17) is 58.1 Å². The van der Waals surface area contributed by atoms with Gasteiger partial charge in [-0.3, -0.25) is 0 Å². The molecule has 0 aromatic carbocycles. The number of hydrogen-bond donors (Lipinski definition) is 0. The van der Waals surface area contributed by atoms with Gasteiger partial charge in [-0.15, -0.1) is 0 Å². The van der Waals surface area contributed by atoms with Gasteiger partial charge in [-0.2, -0.15) is 0 Å². The van der Waals surface area contributed by atoms with Gasteiger partial charge in [-0.25, -0.2) is 0 Å². The second-order valence-electron chi connectivity index (χ2n) is 2.36. The third kappa shape index (κ3) is 460. The van der Waals surface area contributed by atoms with Crippen molar-refractivity contribution in [1.29, 1.82) is 0 Å². The molecule has 0 amide bonds. The van der Waals surface area contributed by atoms with Crippen molar-refractivity contribution in [3.63, 3.8) is 0 Å². The second-order valence-corrected chi connectivity index (χ2v) is 59.2. The normalized spacial score (nSPS) is 9.67. The van der Waals surface area contributed by atoms with Gasteiger partial charge in [-0.05, 0) is 0 Å². The van der Waals surface area contributed by atoms with Crippen LogP contribution in [0.5, 0.6) is 0 Å². The van der Waals surface area contributed by atoms with Gasteiger partial charge in [0, 0.05) is 0 Å². The van der Waals surface area contributed by atoms with E-state index in [0.29, 0.717) is 0 Å². The molecular weight excluding hydrogens is 2050 g/mol. The summed E-state index contributed by atoms with van der Waals surface area (Å²) < 4.78 is 165. The van der Waals surface area contributed by atoms with Crippen LogP contribution in [0.1, 0.15) is 0 Å². The molecule has 0 heterocycles. The summed E-state index contributed by atoms with van der Waals surface area (Å²) in [7, 11) is 0. The Labute approximate surface area is 543 Å². The second kappa shape index (κ2) is 47.4. The Bertz CT molecular complexity index is 796. The van der Waals surface area contributed by atoms with Crippen molar-refractivity contribution >= 4 is 200 Å². The molecule has 0 aliphatic rings. The monoisotopic (exact) mass is 2060 g/mol. The molecular formula is I6K6O18Te6. The first-order chi connectivity index (χ1) is 12.0.